The molecule has 0 saturated carbocycles. The van der Waals surface area contributed by atoms with E-state index in [0.717, 1.165) is 30.8 Å². The number of nitrogens with one attached hydrogen (secondary N) is 1. The summed E-state index contributed by atoms with van der Waals surface area (Å²) >= 11 is 0. The minimum absolute atomic E-state index is 0.0319. The predicted molar refractivity (Wildman–Crippen MR) is 86.5 cm³/mol. The van der Waals surface area contributed by atoms with E-state index in [-0.39, 0.29) is 11.8 Å². The van der Waals surface area contributed by atoms with E-state index in [0.29, 0.717) is 29.5 Å². The second kappa shape index (κ2) is 6.18. The fourth-order valence-corrected chi connectivity index (χ4v) is 3.25. The van der Waals surface area contributed by atoms with Crippen LogP contribution in [0.15, 0.2) is 10.6 Å². The molecule has 23 heavy (non-hydrogen) atoms. The zero-order valence-electron chi connectivity index (χ0n) is 14.2. The van der Waals surface area contributed by atoms with E-state index >= 15 is 0 Å². The molecule has 0 radical (unpaired) electrons. The molecule has 124 valence electrons. The van der Waals surface area contributed by atoms with Crippen molar-refractivity contribution in [2.24, 2.45) is 0 Å². The maximum atomic E-state index is 13.0. The Morgan fingerprint density at radius 2 is 2.22 bits per heavy atom. The standard InChI is InChI=1S/C17H24N4O2/c1-10(2)16-15(12(4)20-23-16)17(22)21-7-5-6-13(9-21)14-8-11(3)18-19-14/h8,10,13H,5-7,9H2,1-4H3,(H,18,19). The van der Waals surface area contributed by atoms with Gasteiger partial charge < -0.3 is 9.42 Å². The van der Waals surface area contributed by atoms with Crippen LogP contribution >= 0.6 is 0 Å². The number of likely N-dealkylation sites (tertiary alicyclic amines) is 1. The molecule has 3 heterocycles. The fraction of sp³-hybridized carbons (Fsp3) is 0.588. The summed E-state index contributed by atoms with van der Waals surface area (Å²) in [5, 5.41) is 11.4. The summed E-state index contributed by atoms with van der Waals surface area (Å²) in [4.78, 5) is 14.9. The summed E-state index contributed by atoms with van der Waals surface area (Å²) < 4.78 is 5.37. The van der Waals surface area contributed by atoms with Crippen molar-refractivity contribution in [3.8, 4) is 0 Å². The lowest BCUT2D eigenvalue weighted by molar-refractivity contribution is 0.0702. The number of piperidine rings is 1. The average Bonchev–Trinajstić information content (AvgIpc) is 3.13. The Balaban J connectivity index is 1.81. The lowest BCUT2D eigenvalue weighted by Gasteiger charge is -2.32. The lowest BCUT2D eigenvalue weighted by atomic mass is 9.93. The van der Waals surface area contributed by atoms with Crippen molar-refractivity contribution >= 4 is 5.91 Å². The van der Waals surface area contributed by atoms with E-state index in [1.165, 1.54) is 0 Å². The first kappa shape index (κ1) is 15.8. The topological polar surface area (TPSA) is 75.0 Å². The maximum Gasteiger partial charge on any atom is 0.259 e. The first-order valence-corrected chi connectivity index (χ1v) is 8.24. The summed E-state index contributed by atoms with van der Waals surface area (Å²) in [5.41, 5.74) is 3.42. The van der Waals surface area contributed by atoms with Crippen molar-refractivity contribution in [1.29, 1.82) is 0 Å². The van der Waals surface area contributed by atoms with Gasteiger partial charge in [0.1, 0.15) is 5.56 Å². The number of carbonyl (C=O) groups excluding carboxylic acids is 1. The van der Waals surface area contributed by atoms with Crippen LogP contribution in [-0.4, -0.2) is 39.3 Å². The molecular weight excluding hydrogens is 292 g/mol. The summed E-state index contributed by atoms with van der Waals surface area (Å²) in [6.45, 7) is 9.34. The summed E-state index contributed by atoms with van der Waals surface area (Å²) in [7, 11) is 0. The number of aromatic amines is 1. The minimum atomic E-state index is 0.0319. The van der Waals surface area contributed by atoms with Crippen LogP contribution in [0.5, 0.6) is 0 Å². The number of carbonyl (C=O) groups is 1. The van der Waals surface area contributed by atoms with E-state index in [1.54, 1.807) is 0 Å². The van der Waals surface area contributed by atoms with Crippen molar-refractivity contribution in [3.63, 3.8) is 0 Å². The minimum Gasteiger partial charge on any atom is -0.360 e. The zero-order chi connectivity index (χ0) is 16.6. The van der Waals surface area contributed by atoms with Gasteiger partial charge >= 0.3 is 0 Å². The van der Waals surface area contributed by atoms with Crippen LogP contribution in [0.4, 0.5) is 0 Å². The lowest BCUT2D eigenvalue weighted by Crippen LogP contribution is -2.39. The highest BCUT2D eigenvalue weighted by atomic mass is 16.5. The van der Waals surface area contributed by atoms with Crippen molar-refractivity contribution in [3.05, 3.63) is 34.5 Å². The molecule has 1 unspecified atom stereocenters. The quantitative estimate of drug-likeness (QED) is 0.944. The van der Waals surface area contributed by atoms with Gasteiger partial charge in [-0.25, -0.2) is 0 Å². The van der Waals surface area contributed by atoms with Gasteiger partial charge in [0.15, 0.2) is 5.76 Å². The van der Waals surface area contributed by atoms with E-state index in [2.05, 4.69) is 21.4 Å². The SMILES string of the molecule is Cc1cc(C2CCCN(C(=O)c3c(C)noc3C(C)C)C2)n[nH]1. The van der Waals surface area contributed by atoms with Crippen LogP contribution in [0.25, 0.3) is 0 Å². The zero-order valence-corrected chi connectivity index (χ0v) is 14.2. The molecule has 0 aromatic carbocycles. The van der Waals surface area contributed by atoms with Gasteiger partial charge in [0, 0.05) is 30.6 Å². The Morgan fingerprint density at radius 1 is 1.43 bits per heavy atom. The molecule has 6 heteroatoms. The number of H-pyrrole nitrogens is 1. The Kier molecular flexibility index (Phi) is 4.24. The van der Waals surface area contributed by atoms with E-state index in [1.807, 2.05) is 32.6 Å². The number of hydrogen-bond donors (Lipinski definition) is 1. The van der Waals surface area contributed by atoms with Crippen LogP contribution in [0.3, 0.4) is 0 Å². The Morgan fingerprint density at radius 3 is 2.87 bits per heavy atom. The summed E-state index contributed by atoms with van der Waals surface area (Å²) in [5.74, 6) is 1.15. The molecule has 1 aliphatic heterocycles. The van der Waals surface area contributed by atoms with E-state index < -0.39 is 0 Å². The molecule has 2 aromatic rings. The Hall–Kier alpha value is -2.11. The molecular formula is C17H24N4O2. The maximum absolute atomic E-state index is 13.0. The van der Waals surface area contributed by atoms with Gasteiger partial charge in [-0.1, -0.05) is 19.0 Å². The molecule has 1 amide bonds. The molecule has 1 aliphatic rings. The monoisotopic (exact) mass is 316 g/mol. The number of aryl methyl sites for hydroxylation is 2. The first-order chi connectivity index (χ1) is 11.0. The van der Waals surface area contributed by atoms with Gasteiger partial charge in [0.05, 0.1) is 11.4 Å². The van der Waals surface area contributed by atoms with Gasteiger partial charge in [0.2, 0.25) is 0 Å². The second-order valence-corrected chi connectivity index (χ2v) is 6.73. The van der Waals surface area contributed by atoms with E-state index in [4.69, 9.17) is 4.52 Å². The number of nitrogens with zero attached hydrogens (tertiary/aromatic N) is 3. The Labute approximate surface area is 136 Å². The van der Waals surface area contributed by atoms with E-state index in [9.17, 15) is 4.79 Å². The number of aromatic nitrogens is 3. The molecule has 0 aliphatic carbocycles. The highest BCUT2D eigenvalue weighted by Crippen LogP contribution is 2.29. The normalized spacial score (nSPS) is 18.7. The van der Waals surface area contributed by atoms with Crippen molar-refractivity contribution in [2.75, 3.05) is 13.1 Å². The van der Waals surface area contributed by atoms with Gasteiger partial charge in [0.25, 0.3) is 5.91 Å². The van der Waals surface area contributed by atoms with Gasteiger partial charge in [-0.05, 0) is 32.8 Å². The molecule has 0 bridgehead atoms. The molecule has 1 saturated heterocycles. The number of rotatable bonds is 3. The molecule has 0 spiro atoms. The molecule has 1 atom stereocenters. The summed E-state index contributed by atoms with van der Waals surface area (Å²) in [6.07, 6.45) is 2.05. The first-order valence-electron chi connectivity index (χ1n) is 8.24. The molecule has 3 rings (SSSR count). The van der Waals surface area contributed by atoms with Crippen molar-refractivity contribution < 1.29 is 9.32 Å². The van der Waals surface area contributed by atoms with Crippen LogP contribution in [0, 0.1) is 13.8 Å². The number of amides is 1. The third-order valence-electron chi connectivity index (χ3n) is 4.48. The smallest absolute Gasteiger partial charge is 0.259 e. The van der Waals surface area contributed by atoms with Crippen LogP contribution < -0.4 is 0 Å². The number of hydrogen-bond acceptors (Lipinski definition) is 4. The molecule has 1 N–H and O–H groups in total. The van der Waals surface area contributed by atoms with Gasteiger partial charge in [-0.15, -0.1) is 0 Å². The van der Waals surface area contributed by atoms with Crippen molar-refractivity contribution in [2.45, 2.75) is 52.4 Å². The van der Waals surface area contributed by atoms with Crippen LogP contribution in [0.2, 0.25) is 0 Å². The largest absolute Gasteiger partial charge is 0.360 e. The van der Waals surface area contributed by atoms with Gasteiger partial charge in [-0.3, -0.25) is 9.89 Å². The third-order valence-corrected chi connectivity index (χ3v) is 4.48. The average molecular weight is 316 g/mol. The molecule has 1 fully saturated rings. The third kappa shape index (κ3) is 3.02. The van der Waals surface area contributed by atoms with Crippen LogP contribution in [-0.2, 0) is 0 Å². The molecule has 2 aromatic heterocycles. The Bertz CT molecular complexity index is 701. The highest BCUT2D eigenvalue weighted by Gasteiger charge is 2.31. The fourth-order valence-electron chi connectivity index (χ4n) is 3.25. The highest BCUT2D eigenvalue weighted by molar-refractivity contribution is 5.96. The molecule has 6 nitrogen and oxygen atoms in total. The van der Waals surface area contributed by atoms with Gasteiger partial charge in [-0.2, -0.15) is 5.10 Å². The predicted octanol–water partition coefficient (Wildman–Crippen LogP) is 3.16. The summed E-state index contributed by atoms with van der Waals surface area (Å²) in [6, 6.07) is 2.07. The van der Waals surface area contributed by atoms with Crippen molar-refractivity contribution in [1.82, 2.24) is 20.3 Å². The van der Waals surface area contributed by atoms with Crippen LogP contribution in [0.1, 0.15) is 71.7 Å². The second-order valence-electron chi connectivity index (χ2n) is 6.73.